The van der Waals surface area contributed by atoms with E-state index in [-0.39, 0.29) is 61.5 Å². The molecule has 19 nitrogen and oxygen atoms in total. The molecule has 2 aromatic heterocycles. The van der Waals surface area contributed by atoms with Crippen molar-refractivity contribution in [1.82, 2.24) is 39.5 Å². The lowest BCUT2D eigenvalue weighted by Crippen LogP contribution is -2.55. The first-order chi connectivity index (χ1) is 44.0. The molecule has 6 aromatic rings. The molecule has 13 rings (SSSR count). The predicted molar refractivity (Wildman–Crippen MR) is 342 cm³/mol. The molecular weight excluding hydrogens is 1190 g/mol. The van der Waals surface area contributed by atoms with Crippen molar-refractivity contribution in [2.45, 2.75) is 94.3 Å². The maximum atomic E-state index is 13.3. The Kier molecular flexibility index (Phi) is 18.2. The van der Waals surface area contributed by atoms with Crippen LogP contribution in [0.1, 0.15) is 66.2 Å². The summed E-state index contributed by atoms with van der Waals surface area (Å²) >= 11 is 14.1. The molecule has 468 valence electrons. The van der Waals surface area contributed by atoms with Crippen LogP contribution in [0, 0.1) is 22.7 Å². The number of morpholine rings is 1. The summed E-state index contributed by atoms with van der Waals surface area (Å²) in [6.45, 7) is 5.81. The highest BCUT2D eigenvalue weighted by Gasteiger charge is 2.48. The fourth-order valence-electron chi connectivity index (χ4n) is 14.2. The highest BCUT2D eigenvalue weighted by molar-refractivity contribution is 6.37. The summed E-state index contributed by atoms with van der Waals surface area (Å²) in [5.74, 6) is 0.818. The number of halogens is 4. The van der Waals surface area contributed by atoms with Crippen LogP contribution >= 0.6 is 23.2 Å². The van der Waals surface area contributed by atoms with Gasteiger partial charge >= 0.3 is 12.0 Å². The minimum absolute atomic E-state index is 0.0690. The van der Waals surface area contributed by atoms with Crippen molar-refractivity contribution >= 4 is 79.6 Å². The van der Waals surface area contributed by atoms with E-state index in [0.717, 1.165) is 92.9 Å². The molecule has 0 spiro atoms. The number of ether oxygens (including phenoxy) is 3. The number of piperazine rings is 2. The molecule has 1 saturated carbocycles. The molecule has 6 aliphatic heterocycles. The van der Waals surface area contributed by atoms with Gasteiger partial charge in [-0.05, 0) is 98.0 Å². The smallest absolute Gasteiger partial charge is 0.318 e. The number of amides is 2. The van der Waals surface area contributed by atoms with E-state index in [1.165, 1.54) is 29.9 Å². The number of nitriles is 2. The van der Waals surface area contributed by atoms with Gasteiger partial charge in [-0.3, -0.25) is 14.5 Å². The van der Waals surface area contributed by atoms with E-state index in [9.17, 15) is 28.9 Å². The van der Waals surface area contributed by atoms with Gasteiger partial charge in [-0.15, -0.1) is 0 Å². The zero-order valence-corrected chi connectivity index (χ0v) is 51.9. The number of carbonyl (C=O) groups is 2. The van der Waals surface area contributed by atoms with Crippen LogP contribution in [0.4, 0.5) is 31.8 Å². The molecule has 23 heteroatoms. The van der Waals surface area contributed by atoms with Crippen molar-refractivity contribution < 1.29 is 32.6 Å². The van der Waals surface area contributed by atoms with E-state index in [1.54, 1.807) is 9.80 Å². The Morgan fingerprint density at radius 1 is 0.656 bits per heavy atom. The molecule has 3 unspecified atom stereocenters. The Morgan fingerprint density at radius 3 is 1.78 bits per heavy atom. The van der Waals surface area contributed by atoms with E-state index in [1.807, 2.05) is 24.3 Å². The van der Waals surface area contributed by atoms with Crippen LogP contribution in [0.15, 0.2) is 91.0 Å². The van der Waals surface area contributed by atoms with Crippen LogP contribution in [0.25, 0.3) is 21.5 Å². The molecule has 7 aliphatic rings. The molecule has 5 atom stereocenters. The van der Waals surface area contributed by atoms with E-state index in [2.05, 4.69) is 91.1 Å². The Morgan fingerprint density at radius 2 is 1.21 bits per heavy atom. The molecule has 5 fully saturated rings. The van der Waals surface area contributed by atoms with Gasteiger partial charge in [0.05, 0.1) is 78.2 Å². The van der Waals surface area contributed by atoms with Crippen molar-refractivity contribution in [3.63, 3.8) is 0 Å². The summed E-state index contributed by atoms with van der Waals surface area (Å²) in [6.07, 6.45) is 9.17. The number of likely N-dealkylation sites (tertiary alicyclic amines) is 1. The molecule has 90 heavy (non-hydrogen) atoms. The number of allylic oxidation sites excluding steroid dienone is 2. The van der Waals surface area contributed by atoms with Crippen LogP contribution in [0.3, 0.4) is 0 Å². The molecule has 0 bridgehead atoms. The number of alkyl halides is 2. The van der Waals surface area contributed by atoms with Crippen molar-refractivity contribution in [1.29, 1.82) is 10.5 Å². The third kappa shape index (κ3) is 12.6. The van der Waals surface area contributed by atoms with Crippen molar-refractivity contribution in [2.75, 3.05) is 125 Å². The number of aromatic nitrogens is 4. The first-order valence-corrected chi connectivity index (χ1v) is 32.0. The maximum absolute atomic E-state index is 13.3. The Hall–Kier alpha value is -7.92. The molecule has 8 heterocycles. The maximum Gasteiger partial charge on any atom is 0.318 e. The Bertz CT molecular complexity index is 3840. The largest absolute Gasteiger partial charge is 0.462 e. The average molecular weight is 1260 g/mol. The summed E-state index contributed by atoms with van der Waals surface area (Å²) in [6, 6.07) is 27.5. The number of nitrogens with zero attached hydrogens (tertiary/aromatic N) is 14. The quantitative estimate of drug-likeness (QED) is 0.0741. The Balaban J connectivity index is 0.780. The number of fused-ring (bicyclic) bond motifs is 4. The SMILES string of the molecule is CN1CCOC(COc2nc3c(c(N4CCN(C(=O)/C=C/CF)[C@@H](CC#N)C4)n2)CCN(c2cc(C4CC(COc5nc6c(c(N7CCN(C(=O)/C=C/CF)[C@@H](CC#N)C7)n5)CCN(c5cccc7cccc(Cl)c57)C6)N4C4CC4)cc4cccc(Cl)c24)C3)C1. The lowest BCUT2D eigenvalue weighted by molar-refractivity contribution is -0.129. The van der Waals surface area contributed by atoms with Gasteiger partial charge in [0.2, 0.25) is 11.8 Å². The lowest BCUT2D eigenvalue weighted by atomic mass is 9.85. The number of carbonyl (C=O) groups excluding carboxylic acids is 2. The van der Waals surface area contributed by atoms with E-state index in [4.69, 9.17) is 57.3 Å². The summed E-state index contributed by atoms with van der Waals surface area (Å²) in [7, 11) is 2.06. The van der Waals surface area contributed by atoms with Gasteiger partial charge in [0, 0.05) is 129 Å². The van der Waals surface area contributed by atoms with Crippen LogP contribution in [0.2, 0.25) is 10.0 Å². The molecular formula is C67H72Cl2F2N14O5. The van der Waals surface area contributed by atoms with Gasteiger partial charge in [-0.2, -0.15) is 30.5 Å². The van der Waals surface area contributed by atoms with E-state index in [0.29, 0.717) is 114 Å². The number of likely N-dealkylation sites (N-methyl/N-ethyl adjacent to an activating group) is 1. The standard InChI is InChI=1S/C67H72Cl2F2N14O5/c1-78-31-32-88-50(38-78)42-90-67-75-56-40-80(26-20-52(56)65(77-67)82-28-30-84(48(37-82)18-24-73)61(87)14-6-22-71)59-34-45(33-44-9-3-11-54(69)63(44)59)58-35-49(85(58)46-15-16-46)41-89-66-74-55-39-79(57-12-4-8-43-7-2-10-53(68)62(43)57)25-19-51(55)64(76-66)81-27-29-83(47(36-81)17-23-72)60(86)13-5-21-70/h2-14,33-34,46-50,58H,15-22,25-32,35-42H2,1H3/b13-5+,14-6+/t47-,48-,49?,50?,58?/m0/s1. The number of hydrogen-bond acceptors (Lipinski definition) is 17. The van der Waals surface area contributed by atoms with Gasteiger partial charge < -0.3 is 48.5 Å². The summed E-state index contributed by atoms with van der Waals surface area (Å²) in [5, 5.41) is 25.2. The number of anilines is 4. The second-order valence-corrected chi connectivity index (χ2v) is 25.2. The molecule has 0 radical (unpaired) electrons. The third-order valence-electron chi connectivity index (χ3n) is 18.7. The molecule has 4 saturated heterocycles. The third-order valence-corrected chi connectivity index (χ3v) is 19.4. The van der Waals surface area contributed by atoms with Gasteiger partial charge in [0.1, 0.15) is 44.3 Å². The van der Waals surface area contributed by atoms with Crippen LogP contribution in [-0.2, 0) is 40.3 Å². The molecule has 4 aromatic carbocycles. The fourth-order valence-corrected chi connectivity index (χ4v) is 14.8. The first-order valence-electron chi connectivity index (χ1n) is 31.3. The second kappa shape index (κ2) is 26.9. The summed E-state index contributed by atoms with van der Waals surface area (Å²) in [5.41, 5.74) is 6.85. The average Bonchev–Trinajstić information content (AvgIpc) is 1.67. The minimum atomic E-state index is -0.752. The molecule has 0 N–H and O–H groups in total. The van der Waals surface area contributed by atoms with E-state index >= 15 is 0 Å². The van der Waals surface area contributed by atoms with Gasteiger partial charge in [-0.25, -0.2) is 8.78 Å². The van der Waals surface area contributed by atoms with Gasteiger partial charge in [0.15, 0.2) is 0 Å². The predicted octanol–water partition coefficient (Wildman–Crippen LogP) is 8.98. The number of benzene rings is 4. The van der Waals surface area contributed by atoms with Gasteiger partial charge in [0.25, 0.3) is 0 Å². The highest BCUT2D eigenvalue weighted by Crippen LogP contribution is 2.50. The second-order valence-electron chi connectivity index (χ2n) is 24.4. The Labute approximate surface area is 532 Å². The van der Waals surface area contributed by atoms with Crippen molar-refractivity contribution in [2.24, 2.45) is 0 Å². The highest BCUT2D eigenvalue weighted by atomic mass is 35.5. The molecule has 2 amide bonds. The van der Waals surface area contributed by atoms with Crippen molar-refractivity contribution in [3.8, 4) is 24.2 Å². The normalized spacial score (nSPS) is 22.4. The topological polar surface area (TPSA) is 187 Å². The number of hydrogen-bond donors (Lipinski definition) is 0. The zero-order chi connectivity index (χ0) is 62.0. The first kappa shape index (κ1) is 61.0. The van der Waals surface area contributed by atoms with E-state index < -0.39 is 25.4 Å². The summed E-state index contributed by atoms with van der Waals surface area (Å²) in [4.78, 5) is 64.2. The molecule has 1 aliphatic carbocycles. The monoisotopic (exact) mass is 1260 g/mol. The fraction of sp³-hybridized carbons (Fsp3) is 0.463. The van der Waals surface area contributed by atoms with Gasteiger partial charge in [-0.1, -0.05) is 59.6 Å². The number of rotatable bonds is 18. The van der Waals surface area contributed by atoms with Crippen LogP contribution in [-0.4, -0.2) is 187 Å². The van der Waals surface area contributed by atoms with Crippen LogP contribution in [0.5, 0.6) is 12.0 Å². The summed E-state index contributed by atoms with van der Waals surface area (Å²) < 4.78 is 45.6. The lowest BCUT2D eigenvalue weighted by Gasteiger charge is -2.49. The zero-order valence-electron chi connectivity index (χ0n) is 50.4. The van der Waals surface area contributed by atoms with Crippen LogP contribution < -0.4 is 29.1 Å². The van der Waals surface area contributed by atoms with Crippen molar-refractivity contribution in [3.05, 3.63) is 129 Å². The minimum Gasteiger partial charge on any atom is -0.462 e.